The van der Waals surface area contributed by atoms with Crippen molar-refractivity contribution in [3.05, 3.63) is 96.1 Å². The van der Waals surface area contributed by atoms with Gasteiger partial charge in [0, 0.05) is 22.9 Å². The highest BCUT2D eigenvalue weighted by Crippen LogP contribution is 2.24. The number of hydrogen-bond donors (Lipinski definition) is 2. The van der Waals surface area contributed by atoms with Crippen molar-refractivity contribution in [2.45, 2.75) is 49.5 Å². The van der Waals surface area contributed by atoms with E-state index in [1.54, 1.807) is 0 Å². The first-order valence-corrected chi connectivity index (χ1v) is 11.9. The van der Waals surface area contributed by atoms with Crippen molar-refractivity contribution in [3.63, 3.8) is 0 Å². The normalized spacial score (nSPS) is 12.1. The first-order valence-electron chi connectivity index (χ1n) is 10.9. The molecule has 168 valence electrons. The number of carbonyl (C=O) groups excluding carboxylic acids is 1. The number of nitrogens with one attached hydrogen (secondary N) is 2. The quantitative estimate of drug-likeness (QED) is 0.366. The summed E-state index contributed by atoms with van der Waals surface area (Å²) >= 11 is 1.82. The van der Waals surface area contributed by atoms with Crippen molar-refractivity contribution in [2.24, 2.45) is 0 Å². The molecule has 0 aromatic heterocycles. The van der Waals surface area contributed by atoms with Crippen LogP contribution in [0.2, 0.25) is 0 Å². The molecular formula is C27H32N2O2S. The van der Waals surface area contributed by atoms with Crippen LogP contribution in [-0.2, 0) is 16.9 Å². The Kier molecular flexibility index (Phi) is 8.63. The summed E-state index contributed by atoms with van der Waals surface area (Å²) in [6.45, 7) is 6.21. The summed E-state index contributed by atoms with van der Waals surface area (Å²) in [5, 5.41) is 6.47. The molecule has 1 atom stereocenters. The van der Waals surface area contributed by atoms with Crippen LogP contribution < -0.4 is 10.6 Å². The van der Waals surface area contributed by atoms with Crippen molar-refractivity contribution in [1.29, 1.82) is 0 Å². The van der Waals surface area contributed by atoms with Gasteiger partial charge in [0.25, 0.3) is 0 Å². The standard InChI is InChI=1S/C27H32N2O2S/c1-27(2,3)31-26(30)29-24(18-21-10-6-4-7-11-21)19-28-23-14-16-25(17-15-23)32-20-22-12-8-5-9-13-22/h4-17,24,28H,18-20H2,1-3H3,(H,29,30). The Hall–Kier alpha value is -2.92. The number of benzene rings is 3. The maximum absolute atomic E-state index is 12.3. The third-order valence-electron chi connectivity index (χ3n) is 4.70. The number of ether oxygens (including phenoxy) is 1. The molecule has 3 aromatic carbocycles. The zero-order valence-corrected chi connectivity index (χ0v) is 19.8. The fourth-order valence-corrected chi connectivity index (χ4v) is 4.05. The van der Waals surface area contributed by atoms with Gasteiger partial charge in [0.05, 0.1) is 6.04 Å². The van der Waals surface area contributed by atoms with Gasteiger partial charge in [0.15, 0.2) is 0 Å². The van der Waals surface area contributed by atoms with Crippen LogP contribution in [0.15, 0.2) is 89.8 Å². The first-order chi connectivity index (χ1) is 15.4. The molecule has 0 bridgehead atoms. The summed E-state index contributed by atoms with van der Waals surface area (Å²) in [5.41, 5.74) is 2.99. The van der Waals surface area contributed by atoms with Crippen LogP contribution in [0.25, 0.3) is 0 Å². The van der Waals surface area contributed by atoms with Crippen LogP contribution in [0.3, 0.4) is 0 Å². The van der Waals surface area contributed by atoms with Crippen LogP contribution >= 0.6 is 11.8 Å². The topological polar surface area (TPSA) is 50.4 Å². The zero-order valence-electron chi connectivity index (χ0n) is 19.0. The van der Waals surface area contributed by atoms with Gasteiger partial charge in [-0.05, 0) is 62.6 Å². The molecule has 1 unspecified atom stereocenters. The second kappa shape index (κ2) is 11.6. The summed E-state index contributed by atoms with van der Waals surface area (Å²) in [6.07, 6.45) is 0.325. The van der Waals surface area contributed by atoms with Gasteiger partial charge in [0.2, 0.25) is 0 Å². The molecule has 32 heavy (non-hydrogen) atoms. The fourth-order valence-electron chi connectivity index (χ4n) is 3.20. The second-order valence-corrected chi connectivity index (χ2v) is 9.76. The lowest BCUT2D eigenvalue weighted by molar-refractivity contribution is 0.0507. The molecule has 0 fully saturated rings. The third-order valence-corrected chi connectivity index (χ3v) is 5.78. The predicted octanol–water partition coefficient (Wildman–Crippen LogP) is 6.53. The van der Waals surface area contributed by atoms with E-state index in [9.17, 15) is 4.79 Å². The summed E-state index contributed by atoms with van der Waals surface area (Å²) in [4.78, 5) is 13.6. The van der Waals surface area contributed by atoms with E-state index in [0.717, 1.165) is 17.9 Å². The van der Waals surface area contributed by atoms with Gasteiger partial charge in [-0.3, -0.25) is 0 Å². The van der Waals surface area contributed by atoms with Gasteiger partial charge >= 0.3 is 6.09 Å². The molecule has 0 spiro atoms. The summed E-state index contributed by atoms with van der Waals surface area (Å²) in [5.74, 6) is 0.951. The lowest BCUT2D eigenvalue weighted by atomic mass is 10.1. The van der Waals surface area contributed by atoms with Crippen LogP contribution in [0.5, 0.6) is 0 Å². The minimum Gasteiger partial charge on any atom is -0.444 e. The number of hydrogen-bond acceptors (Lipinski definition) is 4. The van der Waals surface area contributed by atoms with E-state index in [2.05, 4.69) is 71.3 Å². The molecule has 0 radical (unpaired) electrons. The van der Waals surface area contributed by atoms with Crippen molar-refractivity contribution < 1.29 is 9.53 Å². The van der Waals surface area contributed by atoms with Gasteiger partial charge in [-0.15, -0.1) is 11.8 Å². The second-order valence-electron chi connectivity index (χ2n) is 8.71. The van der Waals surface area contributed by atoms with Gasteiger partial charge < -0.3 is 15.4 Å². The van der Waals surface area contributed by atoms with Gasteiger partial charge in [0.1, 0.15) is 5.60 Å². The SMILES string of the molecule is CC(C)(C)OC(=O)NC(CNc1ccc(SCc2ccccc2)cc1)Cc1ccccc1. The zero-order chi connectivity index (χ0) is 22.8. The average Bonchev–Trinajstić information content (AvgIpc) is 2.77. The van der Waals surface area contributed by atoms with Crippen LogP contribution in [0.4, 0.5) is 10.5 Å². The molecule has 0 aliphatic rings. The Labute approximate surface area is 195 Å². The number of carbonyl (C=O) groups is 1. The van der Waals surface area contributed by atoms with E-state index < -0.39 is 11.7 Å². The number of amides is 1. The van der Waals surface area contributed by atoms with Crippen molar-refractivity contribution in [3.8, 4) is 0 Å². The Morgan fingerprint density at radius 1 is 0.875 bits per heavy atom. The van der Waals surface area contributed by atoms with E-state index in [0.29, 0.717) is 6.54 Å². The number of rotatable bonds is 9. The van der Waals surface area contributed by atoms with E-state index in [-0.39, 0.29) is 6.04 Å². The smallest absolute Gasteiger partial charge is 0.407 e. The maximum Gasteiger partial charge on any atom is 0.407 e. The number of anilines is 1. The third kappa shape index (κ3) is 8.67. The Morgan fingerprint density at radius 3 is 2.06 bits per heavy atom. The molecule has 4 nitrogen and oxygen atoms in total. The molecule has 0 heterocycles. The highest BCUT2D eigenvalue weighted by Gasteiger charge is 2.19. The lowest BCUT2D eigenvalue weighted by Gasteiger charge is -2.24. The van der Waals surface area contributed by atoms with E-state index in [1.807, 2.05) is 56.8 Å². The number of thioether (sulfide) groups is 1. The summed E-state index contributed by atoms with van der Waals surface area (Å²) in [6, 6.07) is 29.0. The van der Waals surface area contributed by atoms with Crippen LogP contribution in [0, 0.1) is 0 Å². The highest BCUT2D eigenvalue weighted by atomic mass is 32.2. The summed E-state index contributed by atoms with van der Waals surface area (Å²) in [7, 11) is 0. The van der Waals surface area contributed by atoms with Crippen LogP contribution in [0.1, 0.15) is 31.9 Å². The fraction of sp³-hybridized carbons (Fsp3) is 0.296. The summed E-state index contributed by atoms with van der Waals surface area (Å²) < 4.78 is 5.46. The average molecular weight is 449 g/mol. The maximum atomic E-state index is 12.3. The lowest BCUT2D eigenvalue weighted by Crippen LogP contribution is -2.43. The molecule has 0 aliphatic heterocycles. The molecule has 2 N–H and O–H groups in total. The van der Waals surface area contributed by atoms with Gasteiger partial charge in [-0.1, -0.05) is 60.7 Å². The monoisotopic (exact) mass is 448 g/mol. The van der Waals surface area contributed by atoms with Crippen molar-refractivity contribution in [1.82, 2.24) is 5.32 Å². The number of alkyl carbamates (subject to hydrolysis) is 1. The molecule has 3 aromatic rings. The molecule has 1 amide bonds. The van der Waals surface area contributed by atoms with Crippen LogP contribution in [-0.4, -0.2) is 24.3 Å². The van der Waals surface area contributed by atoms with Crippen molar-refractivity contribution >= 4 is 23.5 Å². The molecular weight excluding hydrogens is 416 g/mol. The minimum atomic E-state index is -0.526. The van der Waals surface area contributed by atoms with Gasteiger partial charge in [-0.2, -0.15) is 0 Å². The molecule has 0 saturated heterocycles. The largest absolute Gasteiger partial charge is 0.444 e. The molecule has 5 heteroatoms. The van der Waals surface area contributed by atoms with Crippen molar-refractivity contribution in [2.75, 3.05) is 11.9 Å². The minimum absolute atomic E-state index is 0.0978. The molecule has 0 saturated carbocycles. The van der Waals surface area contributed by atoms with Gasteiger partial charge in [-0.25, -0.2) is 4.79 Å². The Bertz CT molecular complexity index is 954. The van der Waals surface area contributed by atoms with E-state index in [1.165, 1.54) is 16.0 Å². The highest BCUT2D eigenvalue weighted by molar-refractivity contribution is 7.98. The molecule has 0 aliphatic carbocycles. The predicted molar refractivity (Wildman–Crippen MR) is 134 cm³/mol. The van der Waals surface area contributed by atoms with E-state index in [4.69, 9.17) is 4.74 Å². The van der Waals surface area contributed by atoms with E-state index >= 15 is 0 Å². The first kappa shape index (κ1) is 23.7. The Morgan fingerprint density at radius 2 is 1.47 bits per heavy atom. The molecule has 3 rings (SSSR count). The Balaban J connectivity index is 1.56.